The standard InChI is InChI=1S/C36H46N8O3/c1-23-10-12-24(13-11-23)40-33(20-31(37)36(2,3)4)42-35(45)41-28-15-16-30(27-9-7-6-8-26(27)28)47-25-14-17-32(38)44(21-25)34(39)29-22-46-19-18-43(29)5/h6-14,17,21,28-30,37-39H,15-16,18-20,22H2,1-5H3,(H2,40,41,42,45). The van der Waals surface area contributed by atoms with E-state index in [4.69, 9.17) is 30.7 Å². The first-order valence-electron chi connectivity index (χ1n) is 16.1. The van der Waals surface area contributed by atoms with E-state index in [2.05, 4.69) is 15.5 Å². The number of aryl methyl sites for hydroxylation is 1. The molecule has 1 aromatic heterocycles. The van der Waals surface area contributed by atoms with Crippen LogP contribution in [-0.4, -0.2) is 65.7 Å². The van der Waals surface area contributed by atoms with Crippen molar-refractivity contribution in [1.29, 1.82) is 16.2 Å². The third-order valence-electron chi connectivity index (χ3n) is 8.72. The maximum atomic E-state index is 13.4. The van der Waals surface area contributed by atoms with Crippen LogP contribution < -0.4 is 20.9 Å². The van der Waals surface area contributed by atoms with Crippen LogP contribution in [0.3, 0.4) is 0 Å². The Morgan fingerprint density at radius 3 is 2.47 bits per heavy atom. The van der Waals surface area contributed by atoms with Crippen LogP contribution in [0, 0.1) is 28.6 Å². The number of amides is 2. The molecule has 11 heteroatoms. The van der Waals surface area contributed by atoms with Gasteiger partial charge < -0.3 is 20.2 Å². The number of nitrogens with zero attached hydrogens (tertiary/aromatic N) is 3. The number of benzene rings is 2. The molecule has 5 rings (SSSR count). The molecule has 2 aliphatic rings. The van der Waals surface area contributed by atoms with Crippen LogP contribution in [0.25, 0.3) is 0 Å². The summed E-state index contributed by atoms with van der Waals surface area (Å²) in [5, 5.41) is 31.9. The summed E-state index contributed by atoms with van der Waals surface area (Å²) in [6, 6.07) is 18.2. The van der Waals surface area contributed by atoms with Gasteiger partial charge in [-0.1, -0.05) is 62.7 Å². The SMILES string of the molecule is Cc1ccc(N=C(CC(=N)C(C)(C)C)NC(=O)NC2CCC(Oc3ccc(=N)n(C(=N)C4COCCN4C)c3)c3ccccc32)cc1. The van der Waals surface area contributed by atoms with Crippen molar-refractivity contribution in [3.63, 3.8) is 0 Å². The molecule has 2 heterocycles. The minimum Gasteiger partial charge on any atom is -0.484 e. The summed E-state index contributed by atoms with van der Waals surface area (Å²) in [4.78, 5) is 20.2. The Labute approximate surface area is 276 Å². The Kier molecular flexibility index (Phi) is 10.4. The number of carbonyl (C=O) groups is 1. The van der Waals surface area contributed by atoms with Crippen molar-refractivity contribution in [3.8, 4) is 5.75 Å². The molecule has 5 N–H and O–H groups in total. The monoisotopic (exact) mass is 638 g/mol. The molecule has 11 nitrogen and oxygen atoms in total. The highest BCUT2D eigenvalue weighted by Gasteiger charge is 2.31. The fourth-order valence-corrected chi connectivity index (χ4v) is 5.72. The van der Waals surface area contributed by atoms with Crippen LogP contribution in [-0.2, 0) is 4.74 Å². The number of likely N-dealkylation sites (N-methyl/N-ethyl adjacent to an activating group) is 1. The Hall–Kier alpha value is -4.61. The average Bonchev–Trinajstić information content (AvgIpc) is 3.03. The number of hydrogen-bond donors (Lipinski definition) is 5. The van der Waals surface area contributed by atoms with Crippen LogP contribution in [0.4, 0.5) is 10.5 Å². The Balaban J connectivity index is 1.31. The molecule has 0 radical (unpaired) electrons. The molecule has 248 valence electrons. The molecule has 3 atom stereocenters. The summed E-state index contributed by atoms with van der Waals surface area (Å²) in [5.74, 6) is 1.25. The fraction of sp³-hybridized carbons (Fsp3) is 0.417. The number of amidine groups is 1. The second-order valence-electron chi connectivity index (χ2n) is 13.3. The summed E-state index contributed by atoms with van der Waals surface area (Å²) in [6.45, 7) is 9.70. The van der Waals surface area contributed by atoms with Gasteiger partial charge in [-0.2, -0.15) is 0 Å². The molecule has 3 unspecified atom stereocenters. The van der Waals surface area contributed by atoms with Gasteiger partial charge in [0.2, 0.25) is 0 Å². The quantitative estimate of drug-likeness (QED) is 0.162. The maximum absolute atomic E-state index is 13.4. The van der Waals surface area contributed by atoms with Crippen LogP contribution in [0.15, 0.2) is 71.9 Å². The van der Waals surface area contributed by atoms with E-state index in [1.165, 1.54) is 0 Å². The molecule has 3 aromatic rings. The van der Waals surface area contributed by atoms with E-state index in [0.29, 0.717) is 49.0 Å². The number of aliphatic imine (C=N–C) groups is 1. The Bertz CT molecular complexity index is 1710. The summed E-state index contributed by atoms with van der Waals surface area (Å²) in [7, 11) is 1.96. The Morgan fingerprint density at radius 2 is 1.77 bits per heavy atom. The molecule has 0 spiro atoms. The van der Waals surface area contributed by atoms with Gasteiger partial charge in [0.25, 0.3) is 0 Å². The van der Waals surface area contributed by atoms with Crippen molar-refractivity contribution in [3.05, 3.63) is 89.0 Å². The fourth-order valence-electron chi connectivity index (χ4n) is 5.72. The normalized spacial score (nSPS) is 20.2. The van der Waals surface area contributed by atoms with Gasteiger partial charge in [-0.15, -0.1) is 0 Å². The van der Waals surface area contributed by atoms with E-state index in [1.54, 1.807) is 22.9 Å². The predicted octanol–water partition coefficient (Wildman–Crippen LogP) is 5.87. The summed E-state index contributed by atoms with van der Waals surface area (Å²) in [5.41, 5.74) is 4.09. The summed E-state index contributed by atoms with van der Waals surface area (Å²) in [6.07, 6.45) is 2.96. The van der Waals surface area contributed by atoms with Gasteiger partial charge in [0.05, 0.1) is 37.2 Å². The van der Waals surface area contributed by atoms with Gasteiger partial charge in [0.1, 0.15) is 29.0 Å². The lowest BCUT2D eigenvalue weighted by molar-refractivity contribution is 0.0287. The van der Waals surface area contributed by atoms with Crippen LogP contribution >= 0.6 is 0 Å². The Morgan fingerprint density at radius 1 is 1.04 bits per heavy atom. The van der Waals surface area contributed by atoms with Crippen LogP contribution in [0.2, 0.25) is 0 Å². The van der Waals surface area contributed by atoms with Gasteiger partial charge in [-0.25, -0.2) is 9.79 Å². The minimum absolute atomic E-state index is 0.198. The first-order chi connectivity index (χ1) is 22.4. The van der Waals surface area contributed by atoms with E-state index in [9.17, 15) is 4.79 Å². The first-order valence-corrected chi connectivity index (χ1v) is 16.1. The third-order valence-corrected chi connectivity index (χ3v) is 8.72. The van der Waals surface area contributed by atoms with Crippen molar-refractivity contribution in [2.45, 2.75) is 65.1 Å². The third kappa shape index (κ3) is 8.41. The molecule has 2 aromatic carbocycles. The smallest absolute Gasteiger partial charge is 0.320 e. The number of fused-ring (bicyclic) bond motifs is 1. The van der Waals surface area contributed by atoms with Gasteiger partial charge >= 0.3 is 6.03 Å². The molecule has 1 aliphatic carbocycles. The molecule has 1 aliphatic heterocycles. The number of rotatable bonds is 7. The number of pyridine rings is 1. The zero-order chi connectivity index (χ0) is 33.7. The molecular formula is C36H46N8O3. The summed E-state index contributed by atoms with van der Waals surface area (Å²) < 4.78 is 13.6. The van der Waals surface area contributed by atoms with E-state index in [0.717, 1.165) is 23.2 Å². The lowest BCUT2D eigenvalue weighted by Gasteiger charge is -2.34. The zero-order valence-electron chi connectivity index (χ0n) is 27.9. The number of carbonyl (C=O) groups excluding carboxylic acids is 1. The second-order valence-corrected chi connectivity index (χ2v) is 13.3. The largest absolute Gasteiger partial charge is 0.484 e. The van der Waals surface area contributed by atoms with E-state index in [-0.39, 0.29) is 47.4 Å². The van der Waals surface area contributed by atoms with Crippen molar-refractivity contribution >= 4 is 29.1 Å². The van der Waals surface area contributed by atoms with Crippen molar-refractivity contribution in [1.82, 2.24) is 20.1 Å². The highest BCUT2D eigenvalue weighted by atomic mass is 16.5. The topological polar surface area (TPSA) is 152 Å². The predicted molar refractivity (Wildman–Crippen MR) is 184 cm³/mol. The molecule has 2 amide bonds. The molecule has 0 bridgehead atoms. The number of ether oxygens (including phenoxy) is 2. The minimum atomic E-state index is -0.376. The molecule has 47 heavy (non-hydrogen) atoms. The number of hydrogen-bond acceptors (Lipinski definition) is 8. The maximum Gasteiger partial charge on any atom is 0.320 e. The highest BCUT2D eigenvalue weighted by molar-refractivity contribution is 6.09. The first kappa shape index (κ1) is 33.7. The molecule has 1 saturated heterocycles. The van der Waals surface area contributed by atoms with Gasteiger partial charge in [-0.05, 0) is 67.6 Å². The van der Waals surface area contributed by atoms with Gasteiger partial charge in [-0.3, -0.25) is 25.6 Å². The number of morpholine rings is 1. The molecular weight excluding hydrogens is 592 g/mol. The van der Waals surface area contributed by atoms with E-state index < -0.39 is 0 Å². The number of nitrogens with one attached hydrogen (secondary N) is 5. The number of aromatic nitrogens is 1. The van der Waals surface area contributed by atoms with Gasteiger partial charge in [0, 0.05) is 18.7 Å². The second kappa shape index (κ2) is 14.4. The number of urea groups is 1. The lowest BCUT2D eigenvalue weighted by atomic mass is 9.85. The molecule has 1 fully saturated rings. The summed E-state index contributed by atoms with van der Waals surface area (Å²) >= 11 is 0. The van der Waals surface area contributed by atoms with Crippen LogP contribution in [0.5, 0.6) is 5.75 Å². The van der Waals surface area contributed by atoms with E-state index >= 15 is 0 Å². The van der Waals surface area contributed by atoms with E-state index in [1.807, 2.05) is 83.3 Å². The van der Waals surface area contributed by atoms with Crippen LogP contribution in [0.1, 0.15) is 68.9 Å². The van der Waals surface area contributed by atoms with Crippen molar-refractivity contribution in [2.75, 3.05) is 26.8 Å². The lowest BCUT2D eigenvalue weighted by Crippen LogP contribution is -2.51. The molecule has 0 saturated carbocycles. The zero-order valence-corrected chi connectivity index (χ0v) is 27.9. The average molecular weight is 639 g/mol. The van der Waals surface area contributed by atoms with Crippen molar-refractivity contribution < 1.29 is 14.3 Å². The highest BCUT2D eigenvalue weighted by Crippen LogP contribution is 2.38. The van der Waals surface area contributed by atoms with Crippen molar-refractivity contribution in [2.24, 2.45) is 10.4 Å². The van der Waals surface area contributed by atoms with Gasteiger partial charge in [0.15, 0.2) is 0 Å².